The first-order chi connectivity index (χ1) is 5.38. The molecule has 2 atom stereocenters. The Hall–Kier alpha value is -0.300. The Bertz CT molecular complexity index is 132. The maximum Gasteiger partial charge on any atom is 0.0591 e. The van der Waals surface area contributed by atoms with Gasteiger partial charge in [0, 0.05) is 0 Å². The first-order valence-corrected chi connectivity index (χ1v) is 4.67. The molecule has 0 aliphatic carbocycles. The van der Waals surface area contributed by atoms with E-state index in [-0.39, 0.29) is 11.5 Å². The van der Waals surface area contributed by atoms with Crippen molar-refractivity contribution in [2.45, 2.75) is 46.6 Å². The van der Waals surface area contributed by atoms with E-state index >= 15 is 0 Å². The van der Waals surface area contributed by atoms with Crippen LogP contribution in [0.25, 0.3) is 0 Å². The van der Waals surface area contributed by atoms with Gasteiger partial charge in [-0.1, -0.05) is 33.8 Å². The molecular formula is C11H22O. The Balaban J connectivity index is 3.83. The van der Waals surface area contributed by atoms with Crippen molar-refractivity contribution in [3.8, 4) is 0 Å². The SMILES string of the molecule is C=CC[C@@H](C)C[C@H](O)C(C)(C)C. The Morgan fingerprint density at radius 2 is 1.92 bits per heavy atom. The number of hydrogen-bond donors (Lipinski definition) is 1. The van der Waals surface area contributed by atoms with Gasteiger partial charge in [-0.3, -0.25) is 0 Å². The van der Waals surface area contributed by atoms with Gasteiger partial charge < -0.3 is 5.11 Å². The monoisotopic (exact) mass is 170 g/mol. The van der Waals surface area contributed by atoms with Gasteiger partial charge in [-0.2, -0.15) is 0 Å². The van der Waals surface area contributed by atoms with Crippen LogP contribution in [-0.2, 0) is 0 Å². The third kappa shape index (κ3) is 4.55. The Morgan fingerprint density at radius 1 is 1.42 bits per heavy atom. The molecule has 1 nitrogen and oxygen atoms in total. The van der Waals surface area contributed by atoms with Gasteiger partial charge >= 0.3 is 0 Å². The molecule has 0 spiro atoms. The molecule has 72 valence electrons. The molecule has 0 saturated carbocycles. The van der Waals surface area contributed by atoms with Crippen LogP contribution in [0.15, 0.2) is 12.7 Å². The molecule has 0 radical (unpaired) electrons. The maximum absolute atomic E-state index is 9.75. The molecule has 0 fully saturated rings. The van der Waals surface area contributed by atoms with Crippen LogP contribution in [0.3, 0.4) is 0 Å². The summed E-state index contributed by atoms with van der Waals surface area (Å²) in [6, 6.07) is 0. The summed E-state index contributed by atoms with van der Waals surface area (Å²) in [5, 5.41) is 9.75. The quantitative estimate of drug-likeness (QED) is 0.643. The molecule has 0 aliphatic rings. The lowest BCUT2D eigenvalue weighted by Gasteiger charge is -2.27. The highest BCUT2D eigenvalue weighted by Gasteiger charge is 2.23. The second kappa shape index (κ2) is 4.66. The van der Waals surface area contributed by atoms with Gasteiger partial charge in [0.15, 0.2) is 0 Å². The zero-order chi connectivity index (χ0) is 9.78. The predicted molar refractivity (Wildman–Crippen MR) is 54.1 cm³/mol. The average Bonchev–Trinajstić information content (AvgIpc) is 1.85. The summed E-state index contributed by atoms with van der Waals surface area (Å²) in [6.07, 6.45) is 3.58. The Kier molecular flexibility index (Phi) is 4.54. The number of allylic oxidation sites excluding steroid dienone is 1. The van der Waals surface area contributed by atoms with Crippen molar-refractivity contribution in [1.82, 2.24) is 0 Å². The second-order valence-corrected chi connectivity index (χ2v) is 4.75. The van der Waals surface area contributed by atoms with Gasteiger partial charge in [0.25, 0.3) is 0 Å². The summed E-state index contributed by atoms with van der Waals surface area (Å²) in [5.74, 6) is 0.539. The molecule has 0 rings (SSSR count). The average molecular weight is 170 g/mol. The van der Waals surface area contributed by atoms with Crippen LogP contribution in [0, 0.1) is 11.3 Å². The second-order valence-electron chi connectivity index (χ2n) is 4.75. The zero-order valence-electron chi connectivity index (χ0n) is 8.80. The molecule has 0 saturated heterocycles. The van der Waals surface area contributed by atoms with Crippen LogP contribution in [0.4, 0.5) is 0 Å². The van der Waals surface area contributed by atoms with E-state index in [0.29, 0.717) is 5.92 Å². The lowest BCUT2D eigenvalue weighted by molar-refractivity contribution is 0.0435. The van der Waals surface area contributed by atoms with Gasteiger partial charge in [0.05, 0.1) is 6.10 Å². The van der Waals surface area contributed by atoms with Gasteiger partial charge in [0.1, 0.15) is 0 Å². The highest BCUT2D eigenvalue weighted by Crippen LogP contribution is 2.25. The first kappa shape index (κ1) is 11.7. The van der Waals surface area contributed by atoms with E-state index in [1.54, 1.807) is 0 Å². The fourth-order valence-electron chi connectivity index (χ4n) is 1.12. The molecule has 0 aromatic heterocycles. The van der Waals surface area contributed by atoms with E-state index in [4.69, 9.17) is 0 Å². The predicted octanol–water partition coefficient (Wildman–Crippen LogP) is 3.00. The molecule has 12 heavy (non-hydrogen) atoms. The molecule has 1 heteroatoms. The molecule has 0 unspecified atom stereocenters. The van der Waals surface area contributed by atoms with E-state index in [0.717, 1.165) is 12.8 Å². The van der Waals surface area contributed by atoms with Gasteiger partial charge in [-0.05, 0) is 24.2 Å². The highest BCUT2D eigenvalue weighted by molar-refractivity contribution is 4.78. The molecule has 0 bridgehead atoms. The van der Waals surface area contributed by atoms with Gasteiger partial charge in [-0.25, -0.2) is 0 Å². The van der Waals surface area contributed by atoms with Crippen LogP contribution in [0.5, 0.6) is 0 Å². The summed E-state index contributed by atoms with van der Waals surface area (Å²) >= 11 is 0. The molecular weight excluding hydrogens is 148 g/mol. The van der Waals surface area contributed by atoms with E-state index in [9.17, 15) is 5.11 Å². The molecule has 0 aliphatic heterocycles. The molecule has 0 aromatic carbocycles. The summed E-state index contributed by atoms with van der Waals surface area (Å²) in [4.78, 5) is 0. The molecule has 0 heterocycles. The van der Waals surface area contributed by atoms with Crippen LogP contribution in [0.1, 0.15) is 40.5 Å². The lowest BCUT2D eigenvalue weighted by Crippen LogP contribution is -2.27. The summed E-state index contributed by atoms with van der Waals surface area (Å²) in [7, 11) is 0. The lowest BCUT2D eigenvalue weighted by atomic mass is 9.83. The largest absolute Gasteiger partial charge is 0.393 e. The minimum atomic E-state index is -0.201. The van der Waals surface area contributed by atoms with Crippen molar-refractivity contribution in [3.05, 3.63) is 12.7 Å². The summed E-state index contributed by atoms with van der Waals surface area (Å²) < 4.78 is 0. The van der Waals surface area contributed by atoms with Crippen molar-refractivity contribution >= 4 is 0 Å². The Morgan fingerprint density at radius 3 is 2.25 bits per heavy atom. The van der Waals surface area contributed by atoms with Gasteiger partial charge in [0.2, 0.25) is 0 Å². The van der Waals surface area contributed by atoms with E-state index in [1.165, 1.54) is 0 Å². The molecule has 0 amide bonds. The van der Waals surface area contributed by atoms with E-state index < -0.39 is 0 Å². The highest BCUT2D eigenvalue weighted by atomic mass is 16.3. The number of aliphatic hydroxyl groups is 1. The summed E-state index contributed by atoms with van der Waals surface area (Å²) in [5.41, 5.74) is 0.00936. The third-order valence-corrected chi connectivity index (χ3v) is 2.19. The normalized spacial score (nSPS) is 17.1. The van der Waals surface area contributed by atoms with Gasteiger partial charge in [-0.15, -0.1) is 6.58 Å². The van der Waals surface area contributed by atoms with Crippen molar-refractivity contribution < 1.29 is 5.11 Å². The minimum absolute atomic E-state index is 0.00936. The van der Waals surface area contributed by atoms with Crippen LogP contribution >= 0.6 is 0 Å². The zero-order valence-corrected chi connectivity index (χ0v) is 8.80. The Labute approximate surface area is 76.5 Å². The van der Waals surface area contributed by atoms with Crippen molar-refractivity contribution in [1.29, 1.82) is 0 Å². The number of aliphatic hydroxyl groups excluding tert-OH is 1. The molecule has 0 aromatic rings. The minimum Gasteiger partial charge on any atom is -0.393 e. The number of rotatable bonds is 4. The van der Waals surface area contributed by atoms with E-state index in [1.807, 2.05) is 6.08 Å². The van der Waals surface area contributed by atoms with Crippen molar-refractivity contribution in [3.63, 3.8) is 0 Å². The molecule has 1 N–H and O–H groups in total. The summed E-state index contributed by atoms with van der Waals surface area (Å²) in [6.45, 7) is 12.0. The van der Waals surface area contributed by atoms with E-state index in [2.05, 4.69) is 34.3 Å². The van der Waals surface area contributed by atoms with Crippen LogP contribution in [-0.4, -0.2) is 11.2 Å². The third-order valence-electron chi connectivity index (χ3n) is 2.19. The fraction of sp³-hybridized carbons (Fsp3) is 0.818. The maximum atomic E-state index is 9.75. The smallest absolute Gasteiger partial charge is 0.0591 e. The van der Waals surface area contributed by atoms with Crippen molar-refractivity contribution in [2.24, 2.45) is 11.3 Å². The van der Waals surface area contributed by atoms with Crippen molar-refractivity contribution in [2.75, 3.05) is 0 Å². The fourth-order valence-corrected chi connectivity index (χ4v) is 1.12. The topological polar surface area (TPSA) is 20.2 Å². The standard InChI is InChI=1S/C11H22O/c1-6-7-9(2)8-10(12)11(3,4)5/h6,9-10,12H,1,7-8H2,2-5H3/t9-,10+/m1/s1. The first-order valence-electron chi connectivity index (χ1n) is 4.67. The van der Waals surface area contributed by atoms with Crippen LogP contribution < -0.4 is 0 Å². The number of hydrogen-bond acceptors (Lipinski definition) is 1. The van der Waals surface area contributed by atoms with Crippen LogP contribution in [0.2, 0.25) is 0 Å².